The van der Waals surface area contributed by atoms with Crippen LogP contribution in [0.5, 0.6) is 0 Å². The van der Waals surface area contributed by atoms with Gasteiger partial charge in [-0.05, 0) is 42.8 Å². The molecule has 12 heteroatoms. The topological polar surface area (TPSA) is 94.0 Å². The molecule has 0 aliphatic carbocycles. The molecule has 4 aromatic rings. The van der Waals surface area contributed by atoms with Crippen LogP contribution in [-0.2, 0) is 44.0 Å². The number of esters is 2. The number of ether oxygens (including phenoxy) is 2. The van der Waals surface area contributed by atoms with Gasteiger partial charge in [0.2, 0.25) is 5.60 Å². The highest BCUT2D eigenvalue weighted by Crippen LogP contribution is 2.41. The zero-order chi connectivity index (χ0) is 32.2. The van der Waals surface area contributed by atoms with Crippen LogP contribution in [0.3, 0.4) is 0 Å². The van der Waals surface area contributed by atoms with Crippen LogP contribution in [0.2, 0.25) is 0 Å². The predicted octanol–water partition coefficient (Wildman–Crippen LogP) is 4.86. The second kappa shape index (κ2) is 11.3. The van der Waals surface area contributed by atoms with Gasteiger partial charge in [-0.15, -0.1) is 0 Å². The van der Waals surface area contributed by atoms with E-state index in [9.17, 15) is 27.6 Å². The van der Waals surface area contributed by atoms with Gasteiger partial charge < -0.3 is 18.9 Å². The third kappa shape index (κ3) is 5.10. The highest BCUT2D eigenvalue weighted by Gasteiger charge is 2.50. The third-order valence-corrected chi connectivity index (χ3v) is 9.22. The number of hydrogen-bond acceptors (Lipinski definition) is 8. The van der Waals surface area contributed by atoms with E-state index in [0.717, 1.165) is 28.6 Å². The highest BCUT2D eigenvalue weighted by atomic mass is 19.4. The van der Waals surface area contributed by atoms with Gasteiger partial charge in [0.05, 0.1) is 41.0 Å². The van der Waals surface area contributed by atoms with E-state index in [1.807, 2.05) is 40.1 Å². The van der Waals surface area contributed by atoms with E-state index in [4.69, 9.17) is 14.5 Å². The number of rotatable bonds is 6. The number of alkyl halides is 3. The molecule has 2 aromatic carbocycles. The number of benzene rings is 2. The molecular formula is C34H31F3N4O5. The Morgan fingerprint density at radius 2 is 1.80 bits per heavy atom. The number of para-hydroxylation sites is 1. The standard InChI is InChI=1S/C34H31F3N4O5/c1-2-33(46-29(42)10-11-39-12-14-40(15-13-39)24-8-5-7-23(17-24)34(35,36)37)26-18-28-30-22(16-21-6-3-4-9-27(21)38-30)19-41(28)31(43)25(26)20-45-32(33)44/h3-9,16-18H,2,10-15,19-20H2,1H3. The molecule has 46 heavy (non-hydrogen) atoms. The average Bonchev–Trinajstić information content (AvgIpc) is 3.41. The first-order valence-corrected chi connectivity index (χ1v) is 15.3. The first-order valence-electron chi connectivity index (χ1n) is 15.3. The molecule has 1 unspecified atom stereocenters. The smallest absolute Gasteiger partial charge is 0.416 e. The third-order valence-electron chi connectivity index (χ3n) is 9.22. The summed E-state index contributed by atoms with van der Waals surface area (Å²) in [5.41, 5.74) is 1.21. The van der Waals surface area contributed by atoms with Crippen molar-refractivity contribution in [1.82, 2.24) is 14.5 Å². The number of nitrogens with zero attached hydrogens (tertiary/aromatic N) is 4. The van der Waals surface area contributed by atoms with E-state index in [-0.39, 0.29) is 30.6 Å². The van der Waals surface area contributed by atoms with Crippen LogP contribution in [0.25, 0.3) is 22.3 Å². The number of fused-ring (bicyclic) bond motifs is 5. The number of hydrogen-bond donors (Lipinski definition) is 0. The molecule has 9 nitrogen and oxygen atoms in total. The molecular weight excluding hydrogens is 601 g/mol. The number of carbonyl (C=O) groups excluding carboxylic acids is 2. The van der Waals surface area contributed by atoms with Crippen molar-refractivity contribution in [1.29, 1.82) is 0 Å². The van der Waals surface area contributed by atoms with Gasteiger partial charge in [0.1, 0.15) is 6.61 Å². The molecule has 2 aromatic heterocycles. The zero-order valence-electron chi connectivity index (χ0n) is 25.1. The number of pyridine rings is 2. The maximum Gasteiger partial charge on any atom is 0.416 e. The molecule has 0 N–H and O–H groups in total. The Kier molecular flexibility index (Phi) is 7.34. The van der Waals surface area contributed by atoms with Crippen molar-refractivity contribution in [2.45, 2.75) is 44.7 Å². The molecule has 5 heterocycles. The lowest BCUT2D eigenvalue weighted by atomic mass is 9.85. The lowest BCUT2D eigenvalue weighted by Gasteiger charge is -2.37. The molecule has 3 aliphatic heterocycles. The molecule has 0 saturated carbocycles. The molecule has 238 valence electrons. The summed E-state index contributed by atoms with van der Waals surface area (Å²) in [6.07, 6.45) is -4.36. The van der Waals surface area contributed by atoms with Crippen molar-refractivity contribution in [2.75, 3.05) is 37.6 Å². The first-order chi connectivity index (χ1) is 22.1. The van der Waals surface area contributed by atoms with Crippen LogP contribution in [0.4, 0.5) is 18.9 Å². The largest absolute Gasteiger partial charge is 0.457 e. The normalized spacial score (nSPS) is 19.4. The summed E-state index contributed by atoms with van der Waals surface area (Å²) in [5, 5.41) is 0.958. The Morgan fingerprint density at radius 3 is 2.57 bits per heavy atom. The quantitative estimate of drug-likeness (QED) is 0.245. The number of halogens is 3. The maximum atomic E-state index is 13.7. The molecule has 0 amide bonds. The fourth-order valence-corrected chi connectivity index (χ4v) is 6.69. The minimum Gasteiger partial charge on any atom is -0.457 e. The SMILES string of the molecule is CCC1(OC(=O)CCN2CCN(c3cccc(C(F)(F)F)c3)CC2)C(=O)OCc2c1cc1n(c2=O)Cc2cc3ccccc3nc2-1. The minimum absolute atomic E-state index is 0.0196. The summed E-state index contributed by atoms with van der Waals surface area (Å²) in [6.45, 7) is 4.24. The van der Waals surface area contributed by atoms with Crippen LogP contribution in [-0.4, -0.2) is 59.1 Å². The van der Waals surface area contributed by atoms with E-state index in [1.165, 1.54) is 6.07 Å². The van der Waals surface area contributed by atoms with Gasteiger partial charge in [0, 0.05) is 54.9 Å². The van der Waals surface area contributed by atoms with Crippen LogP contribution in [0, 0.1) is 0 Å². The molecule has 1 saturated heterocycles. The molecule has 3 aliphatic rings. The van der Waals surface area contributed by atoms with Gasteiger partial charge in [0.25, 0.3) is 5.56 Å². The van der Waals surface area contributed by atoms with Crippen molar-refractivity contribution >= 4 is 28.5 Å². The summed E-state index contributed by atoms with van der Waals surface area (Å²) in [7, 11) is 0. The van der Waals surface area contributed by atoms with Gasteiger partial charge in [-0.3, -0.25) is 14.5 Å². The molecule has 1 atom stereocenters. The fourth-order valence-electron chi connectivity index (χ4n) is 6.69. The first kappa shape index (κ1) is 30.0. The minimum atomic E-state index is -4.41. The van der Waals surface area contributed by atoms with Crippen LogP contribution in [0.1, 0.15) is 42.0 Å². The van der Waals surface area contributed by atoms with Crippen molar-refractivity contribution in [3.05, 3.63) is 93.3 Å². The van der Waals surface area contributed by atoms with E-state index in [2.05, 4.69) is 0 Å². The summed E-state index contributed by atoms with van der Waals surface area (Å²) >= 11 is 0. The number of aromatic nitrogens is 2. The lowest BCUT2D eigenvalue weighted by Crippen LogP contribution is -2.49. The van der Waals surface area contributed by atoms with Crippen molar-refractivity contribution in [3.8, 4) is 11.4 Å². The van der Waals surface area contributed by atoms with Crippen LogP contribution < -0.4 is 10.5 Å². The van der Waals surface area contributed by atoms with Gasteiger partial charge in [0.15, 0.2) is 0 Å². The van der Waals surface area contributed by atoms with E-state index >= 15 is 0 Å². The van der Waals surface area contributed by atoms with Gasteiger partial charge >= 0.3 is 18.1 Å². The summed E-state index contributed by atoms with van der Waals surface area (Å²) in [6, 6.07) is 16.7. The Labute approximate surface area is 262 Å². The summed E-state index contributed by atoms with van der Waals surface area (Å²) in [5.74, 6) is -1.34. The maximum absolute atomic E-state index is 13.7. The number of piperazine rings is 1. The van der Waals surface area contributed by atoms with Gasteiger partial charge in [-0.2, -0.15) is 13.2 Å². The Balaban J connectivity index is 1.07. The Morgan fingerprint density at radius 1 is 1.02 bits per heavy atom. The van der Waals surface area contributed by atoms with Gasteiger partial charge in [-0.25, -0.2) is 9.78 Å². The highest BCUT2D eigenvalue weighted by molar-refractivity contribution is 5.88. The van der Waals surface area contributed by atoms with Crippen molar-refractivity contribution in [2.24, 2.45) is 0 Å². The van der Waals surface area contributed by atoms with Gasteiger partial charge in [-0.1, -0.05) is 31.2 Å². The van der Waals surface area contributed by atoms with E-state index in [1.54, 1.807) is 23.6 Å². The average molecular weight is 633 g/mol. The number of cyclic esters (lactones) is 1. The molecule has 1 fully saturated rings. The second-order valence-electron chi connectivity index (χ2n) is 11.9. The second-order valence-corrected chi connectivity index (χ2v) is 11.9. The Bertz CT molecular complexity index is 1930. The van der Waals surface area contributed by atoms with E-state index < -0.39 is 29.3 Å². The zero-order valence-corrected chi connectivity index (χ0v) is 25.1. The molecule has 0 bridgehead atoms. The predicted molar refractivity (Wildman–Crippen MR) is 163 cm³/mol. The van der Waals surface area contributed by atoms with Crippen LogP contribution >= 0.6 is 0 Å². The van der Waals surface area contributed by atoms with Crippen LogP contribution in [0.15, 0.2) is 65.5 Å². The Hall–Kier alpha value is -4.71. The fraction of sp³-hybridized carbons (Fsp3) is 0.353. The van der Waals surface area contributed by atoms with E-state index in [0.29, 0.717) is 61.9 Å². The monoisotopic (exact) mass is 632 g/mol. The number of carbonyl (C=O) groups is 2. The molecule has 7 rings (SSSR count). The molecule has 0 spiro atoms. The number of anilines is 1. The lowest BCUT2D eigenvalue weighted by molar-refractivity contribution is -0.189. The van der Waals surface area contributed by atoms with Crippen molar-refractivity contribution in [3.63, 3.8) is 0 Å². The summed E-state index contributed by atoms with van der Waals surface area (Å²) in [4.78, 5) is 49.1. The summed E-state index contributed by atoms with van der Waals surface area (Å²) < 4.78 is 52.5. The van der Waals surface area contributed by atoms with Crippen molar-refractivity contribution < 1.29 is 32.2 Å². The molecule has 0 radical (unpaired) electrons.